The number of carbonyl (C=O) groups is 2. The molecule has 0 aliphatic carbocycles. The maximum atomic E-state index is 11.4. The third-order valence-corrected chi connectivity index (χ3v) is 2.61. The summed E-state index contributed by atoms with van der Waals surface area (Å²) in [4.78, 5) is 22.4. The Morgan fingerprint density at radius 2 is 1.88 bits per heavy atom. The molecule has 1 rings (SSSR count). The molecule has 0 saturated carbocycles. The normalized spacial score (nSPS) is 14.0. The summed E-state index contributed by atoms with van der Waals surface area (Å²) in [6.07, 6.45) is -2.59. The summed E-state index contributed by atoms with van der Waals surface area (Å²) in [6.45, 7) is 1.29. The van der Waals surface area contributed by atoms with Crippen molar-refractivity contribution < 1.29 is 24.0 Å². The molecule has 2 atom stereocenters. The highest BCUT2D eigenvalue weighted by Crippen LogP contribution is 2.15. The van der Waals surface area contributed by atoms with Crippen LogP contribution < -0.4 is 0 Å². The van der Waals surface area contributed by atoms with Gasteiger partial charge in [-0.15, -0.1) is 0 Å². The van der Waals surface area contributed by atoms with E-state index in [-0.39, 0.29) is 0 Å². The first-order valence-electron chi connectivity index (χ1n) is 4.87. The van der Waals surface area contributed by atoms with Crippen LogP contribution in [-0.4, -0.2) is 22.7 Å². The Morgan fingerprint density at radius 3 is 2.41 bits per heavy atom. The van der Waals surface area contributed by atoms with Crippen LogP contribution in [0.25, 0.3) is 0 Å². The number of benzene rings is 1. The number of hydrogen-bond acceptors (Lipinski definition) is 5. The lowest BCUT2D eigenvalue weighted by Crippen LogP contribution is -2.24. The van der Waals surface area contributed by atoms with Crippen LogP contribution in [0, 0.1) is 0 Å². The largest absolute Gasteiger partial charge is 0.452 e. The molecule has 1 aromatic carbocycles. The van der Waals surface area contributed by atoms with Crippen molar-refractivity contribution in [3.63, 3.8) is 0 Å². The Balaban J connectivity index is 2.65. The van der Waals surface area contributed by atoms with Gasteiger partial charge in [-0.2, -0.15) is 0 Å². The molecule has 0 heterocycles. The van der Waals surface area contributed by atoms with E-state index in [1.54, 1.807) is 30.3 Å². The minimum absolute atomic E-state index is 0.372. The summed E-state index contributed by atoms with van der Waals surface area (Å²) < 4.78 is 14.9. The molecular formula is C11H11O5P. The zero-order valence-electron chi connectivity index (χ0n) is 9.07. The fourth-order valence-corrected chi connectivity index (χ4v) is 1.34. The smallest absolute Gasteiger partial charge is 0.340 e. The summed E-state index contributed by atoms with van der Waals surface area (Å²) in [5, 5.41) is 9.63. The summed E-state index contributed by atoms with van der Waals surface area (Å²) >= 11 is 0. The third kappa shape index (κ3) is 3.73. The molecule has 0 spiro atoms. The van der Waals surface area contributed by atoms with E-state index in [0.717, 1.165) is 0 Å². The second-order valence-electron chi connectivity index (χ2n) is 3.32. The van der Waals surface area contributed by atoms with Crippen molar-refractivity contribution in [2.24, 2.45) is 0 Å². The number of rotatable bonds is 5. The lowest BCUT2D eigenvalue weighted by Gasteiger charge is -2.13. The van der Waals surface area contributed by atoms with Gasteiger partial charge in [0, 0.05) is 0 Å². The molecule has 0 aromatic heterocycles. The van der Waals surface area contributed by atoms with Crippen molar-refractivity contribution in [1.82, 2.24) is 0 Å². The maximum Gasteiger partial charge on any atom is 0.340 e. The summed E-state index contributed by atoms with van der Waals surface area (Å²) in [6, 6.07) is 8.19. The fourth-order valence-electron chi connectivity index (χ4n) is 1.13. The summed E-state index contributed by atoms with van der Waals surface area (Å²) in [7, 11) is -0.721. The van der Waals surface area contributed by atoms with Crippen LogP contribution in [0.5, 0.6) is 0 Å². The number of carbonyl (C=O) groups excluding carboxylic acids is 2. The fraction of sp³-hybridized carbons (Fsp3) is 0.273. The lowest BCUT2D eigenvalue weighted by atomic mass is 10.1. The molecule has 0 aliphatic heterocycles. The van der Waals surface area contributed by atoms with Crippen LogP contribution in [0.15, 0.2) is 30.3 Å². The Hall–Kier alpha value is -1.58. The Morgan fingerprint density at radius 1 is 1.29 bits per heavy atom. The van der Waals surface area contributed by atoms with Crippen molar-refractivity contribution in [2.45, 2.75) is 19.1 Å². The van der Waals surface area contributed by atoms with Gasteiger partial charge >= 0.3 is 5.97 Å². The number of esters is 1. The molecule has 17 heavy (non-hydrogen) atoms. The van der Waals surface area contributed by atoms with Crippen LogP contribution >= 0.6 is 8.46 Å². The Kier molecular flexibility index (Phi) is 4.94. The minimum Gasteiger partial charge on any atom is -0.452 e. The molecule has 0 fully saturated rings. The van der Waals surface area contributed by atoms with E-state index >= 15 is 0 Å². The van der Waals surface area contributed by atoms with Crippen LogP contribution in [0.2, 0.25) is 0 Å². The molecule has 0 saturated heterocycles. The highest BCUT2D eigenvalue weighted by atomic mass is 31.1. The molecule has 0 unspecified atom stereocenters. The number of hydrogen-bond donors (Lipinski definition) is 1. The van der Waals surface area contributed by atoms with E-state index in [2.05, 4.69) is 4.74 Å². The molecule has 0 amide bonds. The van der Waals surface area contributed by atoms with Gasteiger partial charge in [0.1, 0.15) is 0 Å². The first kappa shape index (κ1) is 13.5. The molecule has 0 radical (unpaired) electrons. The zero-order chi connectivity index (χ0) is 12.8. The third-order valence-electron chi connectivity index (χ3n) is 2.07. The van der Waals surface area contributed by atoms with Gasteiger partial charge in [0.2, 0.25) is 8.46 Å². The van der Waals surface area contributed by atoms with Gasteiger partial charge in [0.05, 0.1) is 0 Å². The van der Waals surface area contributed by atoms with E-state index in [4.69, 9.17) is 0 Å². The predicted octanol–water partition coefficient (Wildman–Crippen LogP) is 1.47. The average Bonchev–Trinajstić information content (AvgIpc) is 2.37. The Bertz CT molecular complexity index is 417. The molecule has 1 aromatic rings. The topological polar surface area (TPSA) is 80.7 Å². The highest BCUT2D eigenvalue weighted by Gasteiger charge is 2.24. The number of aliphatic hydroxyl groups is 1. The molecule has 5 nitrogen and oxygen atoms in total. The summed E-state index contributed by atoms with van der Waals surface area (Å²) in [5.41, 5.74) is -0.379. The van der Waals surface area contributed by atoms with Gasteiger partial charge in [-0.3, -0.25) is 9.36 Å². The van der Waals surface area contributed by atoms with Crippen LogP contribution in [0.4, 0.5) is 0 Å². The van der Waals surface area contributed by atoms with Gasteiger partial charge in [0.15, 0.2) is 12.2 Å². The van der Waals surface area contributed by atoms with Crippen molar-refractivity contribution >= 4 is 20.0 Å². The highest BCUT2D eigenvalue weighted by molar-refractivity contribution is 7.46. The first-order valence-corrected chi connectivity index (χ1v) is 5.68. The molecular weight excluding hydrogens is 243 g/mol. The second kappa shape index (κ2) is 6.23. The summed E-state index contributed by atoms with van der Waals surface area (Å²) in [5.74, 6) is -0.944. The van der Waals surface area contributed by atoms with Crippen molar-refractivity contribution in [3.8, 4) is 0 Å². The van der Waals surface area contributed by atoms with Crippen LogP contribution in [-0.2, 0) is 18.9 Å². The van der Waals surface area contributed by atoms with Crippen molar-refractivity contribution in [1.29, 1.82) is 0 Å². The maximum absolute atomic E-state index is 11.4. The van der Waals surface area contributed by atoms with Crippen molar-refractivity contribution in [3.05, 3.63) is 35.9 Å². The van der Waals surface area contributed by atoms with Gasteiger partial charge in [-0.05, 0) is 12.5 Å². The van der Waals surface area contributed by atoms with E-state index < -0.39 is 32.2 Å². The molecule has 0 bridgehead atoms. The van der Waals surface area contributed by atoms with Gasteiger partial charge in [-0.1, -0.05) is 30.3 Å². The minimum atomic E-state index is -1.45. The quantitative estimate of drug-likeness (QED) is 0.635. The first-order chi connectivity index (χ1) is 8.06. The predicted molar refractivity (Wildman–Crippen MR) is 59.6 cm³/mol. The van der Waals surface area contributed by atoms with E-state index in [1.165, 1.54) is 6.92 Å². The standard InChI is InChI=1S/C11H11O5P/c1-7(11(14)17-15)16-10(13)9(12)8-5-3-2-4-6-8/h2-7,9,12H,1H3/t7-,9-/m0/s1. The Labute approximate surface area is 99.6 Å². The zero-order valence-corrected chi connectivity index (χ0v) is 9.96. The molecule has 0 aliphatic rings. The van der Waals surface area contributed by atoms with E-state index in [1.807, 2.05) is 0 Å². The average molecular weight is 254 g/mol. The number of aliphatic hydroxyl groups excluding tert-OH is 1. The monoisotopic (exact) mass is 254 g/mol. The van der Waals surface area contributed by atoms with E-state index in [0.29, 0.717) is 5.56 Å². The lowest BCUT2D eigenvalue weighted by molar-refractivity contribution is -0.160. The molecule has 90 valence electrons. The van der Waals surface area contributed by atoms with Crippen LogP contribution in [0.3, 0.4) is 0 Å². The molecule has 6 heteroatoms. The molecule has 1 N–H and O–H groups in total. The van der Waals surface area contributed by atoms with Crippen LogP contribution in [0.1, 0.15) is 18.6 Å². The van der Waals surface area contributed by atoms with E-state index in [9.17, 15) is 19.3 Å². The second-order valence-corrected chi connectivity index (χ2v) is 3.95. The van der Waals surface area contributed by atoms with Crippen molar-refractivity contribution in [2.75, 3.05) is 0 Å². The van der Waals surface area contributed by atoms with Gasteiger partial charge in [-0.25, -0.2) is 4.79 Å². The number of ether oxygens (including phenoxy) is 1. The van der Waals surface area contributed by atoms with Gasteiger partial charge < -0.3 is 9.84 Å². The van der Waals surface area contributed by atoms with Gasteiger partial charge in [0.25, 0.3) is 5.52 Å². The SMILES string of the molecule is C[C@H](OC(=O)[C@@H](O)c1ccccc1)C(=O)P=O.